The van der Waals surface area contributed by atoms with Gasteiger partial charge < -0.3 is 5.11 Å². The minimum absolute atomic E-state index is 0.268. The Labute approximate surface area is 105 Å². The second kappa shape index (κ2) is 5.68. The highest BCUT2D eigenvalue weighted by Gasteiger charge is 2.18. The molecule has 2 rings (SSSR count). The third kappa shape index (κ3) is 3.10. The summed E-state index contributed by atoms with van der Waals surface area (Å²) in [5, 5.41) is 10.3. The van der Waals surface area contributed by atoms with Gasteiger partial charge in [0.2, 0.25) is 0 Å². The van der Waals surface area contributed by atoms with Crippen LogP contribution >= 0.6 is 0 Å². The molecule has 1 saturated carbocycles. The number of benzene rings is 1. The number of aliphatic hydroxyl groups is 1. The lowest BCUT2D eigenvalue weighted by atomic mass is 9.93. The summed E-state index contributed by atoms with van der Waals surface area (Å²) in [5.41, 5.74) is 3.66. The number of aliphatic hydroxyl groups excluding tert-OH is 1. The molecule has 1 aromatic rings. The molecule has 1 N–H and O–H groups in total. The van der Waals surface area contributed by atoms with Gasteiger partial charge in [-0.15, -0.1) is 0 Å². The van der Waals surface area contributed by atoms with E-state index in [1.54, 1.807) is 0 Å². The summed E-state index contributed by atoms with van der Waals surface area (Å²) >= 11 is 0. The lowest BCUT2D eigenvalue weighted by Crippen LogP contribution is -2.04. The van der Waals surface area contributed by atoms with E-state index in [0.29, 0.717) is 0 Å². The van der Waals surface area contributed by atoms with E-state index in [1.807, 2.05) is 0 Å². The van der Waals surface area contributed by atoms with Gasteiger partial charge in [-0.25, -0.2) is 0 Å². The van der Waals surface area contributed by atoms with Crippen LogP contribution in [0.3, 0.4) is 0 Å². The molecule has 1 nitrogen and oxygen atoms in total. The zero-order valence-corrected chi connectivity index (χ0v) is 11.1. The van der Waals surface area contributed by atoms with Gasteiger partial charge in [0.05, 0.1) is 6.10 Å². The quantitative estimate of drug-likeness (QED) is 0.820. The van der Waals surface area contributed by atoms with Crippen LogP contribution in [0.4, 0.5) is 0 Å². The molecule has 1 aliphatic carbocycles. The number of hydrogen-bond acceptors (Lipinski definition) is 1. The van der Waals surface area contributed by atoms with E-state index in [9.17, 15) is 5.11 Å². The summed E-state index contributed by atoms with van der Waals surface area (Å²) in [7, 11) is 0. The standard InChI is InChI=1S/C16H24O/c1-12-6-5-9-15(13(12)2)16(17)11-10-14-7-3-4-8-14/h5-6,9,14,16-17H,3-4,7-8,10-11H2,1-2H3. The Balaban J connectivity index is 1.94. The average molecular weight is 232 g/mol. The molecule has 1 heteroatoms. The van der Waals surface area contributed by atoms with Crippen LogP contribution in [0.1, 0.15) is 61.3 Å². The minimum Gasteiger partial charge on any atom is -0.388 e. The summed E-state index contributed by atoms with van der Waals surface area (Å²) in [6, 6.07) is 6.24. The van der Waals surface area contributed by atoms with Crippen molar-refractivity contribution in [2.75, 3.05) is 0 Å². The van der Waals surface area contributed by atoms with Gasteiger partial charge in [-0.2, -0.15) is 0 Å². The molecule has 1 atom stereocenters. The molecule has 0 aromatic heterocycles. The summed E-state index contributed by atoms with van der Waals surface area (Å²) in [6.45, 7) is 4.23. The Morgan fingerprint density at radius 2 is 1.94 bits per heavy atom. The molecule has 1 aromatic carbocycles. The molecule has 94 valence electrons. The maximum absolute atomic E-state index is 10.3. The van der Waals surface area contributed by atoms with Gasteiger partial charge in [0, 0.05) is 0 Å². The highest BCUT2D eigenvalue weighted by Crippen LogP contribution is 2.32. The van der Waals surface area contributed by atoms with E-state index in [2.05, 4.69) is 32.0 Å². The first-order valence-electron chi connectivity index (χ1n) is 6.92. The van der Waals surface area contributed by atoms with Crippen LogP contribution in [0, 0.1) is 19.8 Å². The van der Waals surface area contributed by atoms with Crippen molar-refractivity contribution in [1.82, 2.24) is 0 Å². The van der Waals surface area contributed by atoms with E-state index >= 15 is 0 Å². The normalized spacial score (nSPS) is 18.5. The van der Waals surface area contributed by atoms with Gasteiger partial charge in [-0.05, 0) is 49.3 Å². The van der Waals surface area contributed by atoms with Crippen LogP contribution in [0.25, 0.3) is 0 Å². The Kier molecular flexibility index (Phi) is 4.22. The molecule has 1 aliphatic rings. The van der Waals surface area contributed by atoms with Gasteiger partial charge in [0.25, 0.3) is 0 Å². The van der Waals surface area contributed by atoms with Crippen molar-refractivity contribution < 1.29 is 5.11 Å². The zero-order valence-electron chi connectivity index (χ0n) is 11.1. The fourth-order valence-corrected chi connectivity index (χ4v) is 2.98. The first kappa shape index (κ1) is 12.6. The lowest BCUT2D eigenvalue weighted by Gasteiger charge is -2.17. The summed E-state index contributed by atoms with van der Waals surface area (Å²) in [5.74, 6) is 0.870. The molecule has 0 radical (unpaired) electrons. The van der Waals surface area contributed by atoms with Gasteiger partial charge in [-0.3, -0.25) is 0 Å². The smallest absolute Gasteiger partial charge is 0.0792 e. The van der Waals surface area contributed by atoms with Gasteiger partial charge in [0.15, 0.2) is 0 Å². The third-order valence-electron chi connectivity index (χ3n) is 4.33. The fourth-order valence-electron chi connectivity index (χ4n) is 2.98. The molecule has 17 heavy (non-hydrogen) atoms. The summed E-state index contributed by atoms with van der Waals surface area (Å²) < 4.78 is 0. The highest BCUT2D eigenvalue weighted by molar-refractivity contribution is 5.34. The number of aryl methyl sites for hydroxylation is 1. The van der Waals surface area contributed by atoms with Crippen LogP contribution in [-0.4, -0.2) is 5.11 Å². The van der Waals surface area contributed by atoms with Crippen molar-refractivity contribution in [3.8, 4) is 0 Å². The molecule has 1 fully saturated rings. The summed E-state index contributed by atoms with van der Waals surface area (Å²) in [4.78, 5) is 0. The molecular weight excluding hydrogens is 208 g/mol. The highest BCUT2D eigenvalue weighted by atomic mass is 16.3. The van der Waals surface area contributed by atoms with E-state index in [-0.39, 0.29) is 6.10 Å². The zero-order chi connectivity index (χ0) is 12.3. The van der Waals surface area contributed by atoms with Crippen molar-refractivity contribution in [3.05, 3.63) is 34.9 Å². The van der Waals surface area contributed by atoms with Crippen molar-refractivity contribution in [3.63, 3.8) is 0 Å². The Morgan fingerprint density at radius 1 is 1.24 bits per heavy atom. The van der Waals surface area contributed by atoms with E-state index in [1.165, 1.54) is 43.2 Å². The predicted molar refractivity (Wildman–Crippen MR) is 72.1 cm³/mol. The van der Waals surface area contributed by atoms with Crippen LogP contribution < -0.4 is 0 Å². The Morgan fingerprint density at radius 3 is 2.65 bits per heavy atom. The molecule has 0 bridgehead atoms. The topological polar surface area (TPSA) is 20.2 Å². The SMILES string of the molecule is Cc1cccc(C(O)CCC2CCCC2)c1C. The van der Waals surface area contributed by atoms with Gasteiger partial charge in [0.1, 0.15) is 0 Å². The monoisotopic (exact) mass is 232 g/mol. The second-order valence-electron chi connectivity index (χ2n) is 5.53. The summed E-state index contributed by atoms with van der Waals surface area (Å²) in [6.07, 6.45) is 7.38. The van der Waals surface area contributed by atoms with Gasteiger partial charge >= 0.3 is 0 Å². The van der Waals surface area contributed by atoms with Crippen LogP contribution in [-0.2, 0) is 0 Å². The first-order chi connectivity index (χ1) is 8.18. The Hall–Kier alpha value is -0.820. The molecular formula is C16H24O. The van der Waals surface area contributed by atoms with Gasteiger partial charge in [-0.1, -0.05) is 43.9 Å². The molecule has 0 aliphatic heterocycles. The third-order valence-corrected chi connectivity index (χ3v) is 4.33. The van der Waals surface area contributed by atoms with Crippen LogP contribution in [0.15, 0.2) is 18.2 Å². The van der Waals surface area contributed by atoms with Crippen molar-refractivity contribution >= 4 is 0 Å². The molecule has 0 heterocycles. The van der Waals surface area contributed by atoms with Crippen LogP contribution in [0.5, 0.6) is 0 Å². The van der Waals surface area contributed by atoms with E-state index in [0.717, 1.165) is 17.9 Å². The first-order valence-corrected chi connectivity index (χ1v) is 6.92. The predicted octanol–water partition coefficient (Wildman–Crippen LogP) is 4.31. The molecule has 1 unspecified atom stereocenters. The number of rotatable bonds is 4. The fraction of sp³-hybridized carbons (Fsp3) is 0.625. The maximum Gasteiger partial charge on any atom is 0.0792 e. The lowest BCUT2D eigenvalue weighted by molar-refractivity contribution is 0.156. The second-order valence-corrected chi connectivity index (χ2v) is 5.53. The number of hydrogen-bond donors (Lipinski definition) is 1. The van der Waals surface area contributed by atoms with Crippen molar-refractivity contribution in [1.29, 1.82) is 0 Å². The molecule has 0 saturated heterocycles. The average Bonchev–Trinajstić information content (AvgIpc) is 2.82. The van der Waals surface area contributed by atoms with Crippen LogP contribution in [0.2, 0.25) is 0 Å². The van der Waals surface area contributed by atoms with Crippen molar-refractivity contribution in [2.45, 2.75) is 58.5 Å². The largest absolute Gasteiger partial charge is 0.388 e. The van der Waals surface area contributed by atoms with E-state index in [4.69, 9.17) is 0 Å². The van der Waals surface area contributed by atoms with E-state index < -0.39 is 0 Å². The molecule has 0 spiro atoms. The maximum atomic E-state index is 10.3. The molecule has 0 amide bonds. The Bertz CT molecular complexity index is 364. The minimum atomic E-state index is -0.268. The van der Waals surface area contributed by atoms with Crippen molar-refractivity contribution in [2.24, 2.45) is 5.92 Å².